The summed E-state index contributed by atoms with van der Waals surface area (Å²) in [6.07, 6.45) is 3.37. The topological polar surface area (TPSA) is 63.4 Å². The molecule has 1 fully saturated rings. The Morgan fingerprint density at radius 1 is 1.33 bits per heavy atom. The summed E-state index contributed by atoms with van der Waals surface area (Å²) in [5.74, 6) is 0. The van der Waals surface area contributed by atoms with E-state index in [-0.39, 0.29) is 11.3 Å². The van der Waals surface area contributed by atoms with Crippen LogP contribution in [0.25, 0.3) is 0 Å². The van der Waals surface area contributed by atoms with Crippen LogP contribution in [0.1, 0.15) is 39.5 Å². The van der Waals surface area contributed by atoms with Crippen molar-refractivity contribution in [3.63, 3.8) is 0 Å². The number of rotatable bonds is 7. The Morgan fingerprint density at radius 3 is 2.20 bits per heavy atom. The zero-order valence-corrected chi connectivity index (χ0v) is 10.5. The van der Waals surface area contributed by atoms with E-state index in [2.05, 4.69) is 0 Å². The van der Waals surface area contributed by atoms with Crippen LogP contribution in [0.2, 0.25) is 0 Å². The van der Waals surface area contributed by atoms with Crippen molar-refractivity contribution in [2.24, 2.45) is 5.73 Å². The first kappa shape index (κ1) is 12.9. The van der Waals surface area contributed by atoms with Gasteiger partial charge in [-0.15, -0.1) is 0 Å². The molecule has 1 aliphatic carbocycles. The second-order valence-corrected chi connectivity index (χ2v) is 6.28. The third kappa shape index (κ3) is 2.92. The quantitative estimate of drug-likeness (QED) is 0.712. The van der Waals surface area contributed by atoms with E-state index in [0.29, 0.717) is 13.1 Å². The monoisotopic (exact) mass is 234 g/mol. The molecular weight excluding hydrogens is 212 g/mol. The molecule has 90 valence electrons. The Labute approximate surface area is 92.9 Å². The second kappa shape index (κ2) is 5.27. The molecule has 0 heterocycles. The van der Waals surface area contributed by atoms with Gasteiger partial charge in [0.2, 0.25) is 10.0 Å². The van der Waals surface area contributed by atoms with Gasteiger partial charge in [-0.25, -0.2) is 8.42 Å². The lowest BCUT2D eigenvalue weighted by molar-refractivity contribution is 0.309. The molecule has 0 radical (unpaired) electrons. The van der Waals surface area contributed by atoms with Gasteiger partial charge >= 0.3 is 0 Å². The van der Waals surface area contributed by atoms with E-state index in [9.17, 15) is 8.42 Å². The van der Waals surface area contributed by atoms with Crippen LogP contribution in [-0.2, 0) is 10.0 Å². The van der Waals surface area contributed by atoms with Crippen LogP contribution in [-0.4, -0.2) is 37.1 Å². The summed E-state index contributed by atoms with van der Waals surface area (Å²) in [4.78, 5) is 0. The van der Waals surface area contributed by atoms with Crippen molar-refractivity contribution in [1.29, 1.82) is 0 Å². The molecular formula is C10H22N2O2S. The Bertz CT molecular complexity index is 282. The first-order chi connectivity index (χ1) is 7.07. The van der Waals surface area contributed by atoms with Crippen molar-refractivity contribution >= 4 is 10.0 Å². The van der Waals surface area contributed by atoms with Gasteiger partial charge in [0.1, 0.15) is 0 Å². The predicted octanol–water partition coefficient (Wildman–Crippen LogP) is 0.928. The largest absolute Gasteiger partial charge is 0.329 e. The molecule has 1 aliphatic rings. The molecule has 15 heavy (non-hydrogen) atoms. The smallest absolute Gasteiger partial charge is 0.217 e. The SMILES string of the molecule is CCC(CC)N(CCN)S(=O)(=O)C1CC1. The highest BCUT2D eigenvalue weighted by atomic mass is 32.2. The van der Waals surface area contributed by atoms with Crippen molar-refractivity contribution in [2.75, 3.05) is 13.1 Å². The lowest BCUT2D eigenvalue weighted by Crippen LogP contribution is -2.44. The summed E-state index contributed by atoms with van der Waals surface area (Å²) >= 11 is 0. The molecule has 2 N–H and O–H groups in total. The van der Waals surface area contributed by atoms with Crippen LogP contribution in [0.5, 0.6) is 0 Å². The fourth-order valence-corrected chi connectivity index (χ4v) is 4.09. The second-order valence-electron chi connectivity index (χ2n) is 4.11. The van der Waals surface area contributed by atoms with E-state index in [1.54, 1.807) is 4.31 Å². The van der Waals surface area contributed by atoms with E-state index in [1.165, 1.54) is 0 Å². The predicted molar refractivity (Wildman–Crippen MR) is 62.1 cm³/mol. The minimum absolute atomic E-state index is 0.121. The fourth-order valence-electron chi connectivity index (χ4n) is 1.90. The molecule has 0 spiro atoms. The maximum Gasteiger partial charge on any atom is 0.217 e. The molecule has 0 atom stereocenters. The molecule has 0 unspecified atom stereocenters. The van der Waals surface area contributed by atoms with Gasteiger partial charge in [-0.05, 0) is 25.7 Å². The van der Waals surface area contributed by atoms with Gasteiger partial charge < -0.3 is 5.73 Å². The Kier molecular flexibility index (Phi) is 4.55. The number of hydrogen-bond acceptors (Lipinski definition) is 3. The Hall–Kier alpha value is -0.130. The number of nitrogens with two attached hydrogens (primary N) is 1. The molecule has 1 rings (SSSR count). The van der Waals surface area contributed by atoms with E-state index < -0.39 is 10.0 Å². The molecule has 0 aromatic carbocycles. The summed E-state index contributed by atoms with van der Waals surface area (Å²) in [5.41, 5.74) is 5.49. The van der Waals surface area contributed by atoms with E-state index in [4.69, 9.17) is 5.73 Å². The van der Waals surface area contributed by atoms with Gasteiger partial charge in [0.05, 0.1) is 5.25 Å². The molecule has 1 saturated carbocycles. The van der Waals surface area contributed by atoms with Gasteiger partial charge in [0.15, 0.2) is 0 Å². The lowest BCUT2D eigenvalue weighted by Gasteiger charge is -2.29. The fraction of sp³-hybridized carbons (Fsp3) is 1.00. The molecule has 0 aromatic heterocycles. The zero-order valence-electron chi connectivity index (χ0n) is 9.65. The van der Waals surface area contributed by atoms with Crippen LogP contribution in [0.15, 0.2) is 0 Å². The third-order valence-electron chi connectivity index (χ3n) is 2.97. The van der Waals surface area contributed by atoms with Gasteiger partial charge in [-0.2, -0.15) is 4.31 Å². The summed E-state index contributed by atoms with van der Waals surface area (Å²) in [5, 5.41) is -0.121. The number of hydrogen-bond donors (Lipinski definition) is 1. The van der Waals surface area contributed by atoms with Gasteiger partial charge in [0, 0.05) is 19.1 Å². The first-order valence-corrected chi connectivity index (χ1v) is 7.28. The van der Waals surface area contributed by atoms with Crippen LogP contribution >= 0.6 is 0 Å². The zero-order chi connectivity index (χ0) is 11.5. The van der Waals surface area contributed by atoms with Gasteiger partial charge in [-0.3, -0.25) is 0 Å². The third-order valence-corrected chi connectivity index (χ3v) is 5.42. The van der Waals surface area contributed by atoms with Crippen LogP contribution in [0.3, 0.4) is 0 Å². The van der Waals surface area contributed by atoms with E-state index >= 15 is 0 Å². The molecule has 0 amide bonds. The average Bonchev–Trinajstić information content (AvgIpc) is 3.01. The minimum Gasteiger partial charge on any atom is -0.329 e. The highest BCUT2D eigenvalue weighted by Crippen LogP contribution is 2.32. The summed E-state index contributed by atoms with van der Waals surface area (Å²) < 4.78 is 25.9. The van der Waals surface area contributed by atoms with Crippen molar-refractivity contribution in [2.45, 2.75) is 50.8 Å². The van der Waals surface area contributed by atoms with E-state index in [1.807, 2.05) is 13.8 Å². The molecule has 0 aliphatic heterocycles. The number of sulfonamides is 1. The van der Waals surface area contributed by atoms with Gasteiger partial charge in [0.25, 0.3) is 0 Å². The highest BCUT2D eigenvalue weighted by molar-refractivity contribution is 7.90. The summed E-state index contributed by atoms with van der Waals surface area (Å²) in [7, 11) is -3.06. The maximum atomic E-state index is 12.1. The van der Waals surface area contributed by atoms with Crippen LogP contribution < -0.4 is 5.73 Å². The van der Waals surface area contributed by atoms with Crippen molar-refractivity contribution < 1.29 is 8.42 Å². The maximum absolute atomic E-state index is 12.1. The summed E-state index contributed by atoms with van der Waals surface area (Å²) in [6.45, 7) is 4.92. The first-order valence-electron chi connectivity index (χ1n) is 5.78. The molecule has 0 saturated heterocycles. The Balaban J connectivity index is 2.80. The van der Waals surface area contributed by atoms with Crippen molar-refractivity contribution in [3.8, 4) is 0 Å². The van der Waals surface area contributed by atoms with Crippen molar-refractivity contribution in [1.82, 2.24) is 4.31 Å². The summed E-state index contributed by atoms with van der Waals surface area (Å²) in [6, 6.07) is 0.124. The van der Waals surface area contributed by atoms with E-state index in [0.717, 1.165) is 25.7 Å². The standard InChI is InChI=1S/C10H22N2O2S/c1-3-9(4-2)12(8-7-11)15(13,14)10-5-6-10/h9-10H,3-8,11H2,1-2H3. The molecule has 0 aromatic rings. The van der Waals surface area contributed by atoms with Gasteiger partial charge in [-0.1, -0.05) is 13.8 Å². The average molecular weight is 234 g/mol. The van der Waals surface area contributed by atoms with Crippen molar-refractivity contribution in [3.05, 3.63) is 0 Å². The Morgan fingerprint density at radius 2 is 1.87 bits per heavy atom. The normalized spacial score (nSPS) is 17.7. The molecule has 0 bridgehead atoms. The minimum atomic E-state index is -3.06. The number of nitrogens with zero attached hydrogens (tertiary/aromatic N) is 1. The molecule has 5 heteroatoms. The highest BCUT2D eigenvalue weighted by Gasteiger charge is 2.41. The van der Waals surface area contributed by atoms with Crippen LogP contribution in [0, 0.1) is 0 Å². The molecule has 4 nitrogen and oxygen atoms in total. The lowest BCUT2D eigenvalue weighted by atomic mass is 10.2. The van der Waals surface area contributed by atoms with Crippen LogP contribution in [0.4, 0.5) is 0 Å².